The number of carbonyl (C=O) groups excluding carboxylic acids is 1. The highest BCUT2D eigenvalue weighted by Crippen LogP contribution is 2.15. The molecular formula is C11H14N2O2. The number of pyridine rings is 1. The number of rotatable bonds is 2. The second-order valence-electron chi connectivity index (χ2n) is 3.79. The molecule has 1 N–H and O–H groups in total. The molecule has 80 valence electrons. The fourth-order valence-corrected chi connectivity index (χ4v) is 1.94. The minimum Gasteiger partial charge on any atom is -0.325 e. The molecule has 0 aromatic carbocycles. The summed E-state index contributed by atoms with van der Waals surface area (Å²) in [5, 5.41) is 0. The molecule has 0 unspecified atom stereocenters. The average Bonchev–Trinajstić information content (AvgIpc) is 2.27. The number of fused-ring (bicyclic) bond motifs is 1. The maximum absolute atomic E-state index is 11.4. The molecule has 0 spiro atoms. The number of aromatic amines is 1. The fourth-order valence-electron chi connectivity index (χ4n) is 1.94. The van der Waals surface area contributed by atoms with Crippen LogP contribution in [-0.2, 0) is 13.0 Å². The second kappa shape index (κ2) is 3.98. The van der Waals surface area contributed by atoms with Crippen LogP contribution in [0, 0.1) is 0 Å². The van der Waals surface area contributed by atoms with Gasteiger partial charge in [0.15, 0.2) is 6.29 Å². The van der Waals surface area contributed by atoms with E-state index in [0.717, 1.165) is 37.3 Å². The summed E-state index contributed by atoms with van der Waals surface area (Å²) in [6.45, 7) is 4.90. The van der Waals surface area contributed by atoms with Gasteiger partial charge in [0.25, 0.3) is 5.56 Å². The zero-order chi connectivity index (χ0) is 10.8. The van der Waals surface area contributed by atoms with Gasteiger partial charge >= 0.3 is 0 Å². The molecule has 0 amide bonds. The maximum atomic E-state index is 11.4. The Hall–Kier alpha value is -1.42. The molecule has 0 saturated heterocycles. The Morgan fingerprint density at radius 1 is 1.60 bits per heavy atom. The lowest BCUT2D eigenvalue weighted by molar-refractivity contribution is 0.112. The molecule has 0 saturated carbocycles. The SMILES string of the molecule is CCN1CCc2[nH]c(=O)c(C=O)cc2C1. The molecule has 0 bridgehead atoms. The predicted molar refractivity (Wildman–Crippen MR) is 57.1 cm³/mol. The highest BCUT2D eigenvalue weighted by atomic mass is 16.1. The van der Waals surface area contributed by atoms with E-state index in [0.29, 0.717) is 6.29 Å². The van der Waals surface area contributed by atoms with Gasteiger partial charge in [-0.25, -0.2) is 0 Å². The molecule has 0 fully saturated rings. The molecule has 0 aliphatic carbocycles. The summed E-state index contributed by atoms with van der Waals surface area (Å²) >= 11 is 0. The minimum absolute atomic E-state index is 0.228. The third kappa shape index (κ3) is 1.85. The minimum atomic E-state index is -0.270. The van der Waals surface area contributed by atoms with Gasteiger partial charge in [-0.1, -0.05) is 6.92 Å². The van der Waals surface area contributed by atoms with Gasteiger partial charge in [-0.3, -0.25) is 14.5 Å². The van der Waals surface area contributed by atoms with Crippen LogP contribution in [0.5, 0.6) is 0 Å². The smallest absolute Gasteiger partial charge is 0.258 e. The molecule has 2 rings (SSSR count). The predicted octanol–water partition coefficient (Wildman–Crippen LogP) is 0.565. The molecule has 1 aromatic heterocycles. The van der Waals surface area contributed by atoms with Crippen molar-refractivity contribution in [2.45, 2.75) is 19.9 Å². The third-order valence-electron chi connectivity index (χ3n) is 2.89. The first-order chi connectivity index (χ1) is 7.24. The normalized spacial score (nSPS) is 16.1. The van der Waals surface area contributed by atoms with Gasteiger partial charge in [0.2, 0.25) is 0 Å². The van der Waals surface area contributed by atoms with Crippen molar-refractivity contribution in [3.05, 3.63) is 33.2 Å². The first kappa shape index (κ1) is 10.1. The van der Waals surface area contributed by atoms with Crippen molar-refractivity contribution in [3.63, 3.8) is 0 Å². The Labute approximate surface area is 87.9 Å². The number of likely N-dealkylation sites (N-methyl/N-ethyl adjacent to an activating group) is 1. The van der Waals surface area contributed by atoms with Crippen LogP contribution in [0.2, 0.25) is 0 Å². The summed E-state index contributed by atoms with van der Waals surface area (Å²) in [7, 11) is 0. The molecule has 1 aromatic rings. The van der Waals surface area contributed by atoms with Crippen molar-refractivity contribution in [2.75, 3.05) is 13.1 Å². The number of carbonyl (C=O) groups is 1. The van der Waals surface area contributed by atoms with E-state index in [4.69, 9.17) is 0 Å². The summed E-state index contributed by atoms with van der Waals surface area (Å²) < 4.78 is 0. The van der Waals surface area contributed by atoms with Crippen molar-refractivity contribution in [1.82, 2.24) is 9.88 Å². The van der Waals surface area contributed by atoms with Gasteiger partial charge in [0.1, 0.15) is 0 Å². The molecule has 2 heterocycles. The molecule has 0 radical (unpaired) electrons. The van der Waals surface area contributed by atoms with E-state index in [1.165, 1.54) is 0 Å². The molecule has 1 aliphatic heterocycles. The monoisotopic (exact) mass is 206 g/mol. The van der Waals surface area contributed by atoms with Crippen LogP contribution < -0.4 is 5.56 Å². The number of aromatic nitrogens is 1. The van der Waals surface area contributed by atoms with E-state index < -0.39 is 0 Å². The highest BCUT2D eigenvalue weighted by Gasteiger charge is 2.16. The second-order valence-corrected chi connectivity index (χ2v) is 3.79. The number of H-pyrrole nitrogens is 1. The number of nitrogens with zero attached hydrogens (tertiary/aromatic N) is 1. The Balaban J connectivity index is 2.41. The summed E-state index contributed by atoms with van der Waals surface area (Å²) in [4.78, 5) is 27.1. The van der Waals surface area contributed by atoms with Gasteiger partial charge in [0, 0.05) is 25.2 Å². The van der Waals surface area contributed by atoms with E-state index in [2.05, 4.69) is 16.8 Å². The van der Waals surface area contributed by atoms with E-state index in [-0.39, 0.29) is 11.1 Å². The van der Waals surface area contributed by atoms with Crippen molar-refractivity contribution in [1.29, 1.82) is 0 Å². The molecular weight excluding hydrogens is 192 g/mol. The number of aldehydes is 1. The van der Waals surface area contributed by atoms with E-state index in [1.54, 1.807) is 6.07 Å². The molecule has 0 atom stereocenters. The van der Waals surface area contributed by atoms with Crippen LogP contribution >= 0.6 is 0 Å². The number of hydrogen-bond acceptors (Lipinski definition) is 3. The van der Waals surface area contributed by atoms with Crippen molar-refractivity contribution in [3.8, 4) is 0 Å². The van der Waals surface area contributed by atoms with E-state index in [1.807, 2.05) is 0 Å². The van der Waals surface area contributed by atoms with Gasteiger partial charge in [-0.2, -0.15) is 0 Å². The third-order valence-corrected chi connectivity index (χ3v) is 2.89. The lowest BCUT2D eigenvalue weighted by atomic mass is 10.0. The zero-order valence-corrected chi connectivity index (χ0v) is 8.75. The van der Waals surface area contributed by atoms with Crippen LogP contribution in [0.4, 0.5) is 0 Å². The lowest BCUT2D eigenvalue weighted by Crippen LogP contribution is -2.32. The van der Waals surface area contributed by atoms with Gasteiger partial charge in [0.05, 0.1) is 5.56 Å². The highest BCUT2D eigenvalue weighted by molar-refractivity contribution is 5.74. The Bertz CT molecular complexity index is 437. The standard InChI is InChI=1S/C11H14N2O2/c1-2-13-4-3-10-8(6-13)5-9(7-14)11(15)12-10/h5,7H,2-4,6H2,1H3,(H,12,15). The molecule has 4 nitrogen and oxygen atoms in total. The summed E-state index contributed by atoms with van der Waals surface area (Å²) in [5.74, 6) is 0. The molecule has 4 heteroatoms. The van der Waals surface area contributed by atoms with Crippen molar-refractivity contribution >= 4 is 6.29 Å². The molecule has 15 heavy (non-hydrogen) atoms. The van der Waals surface area contributed by atoms with Gasteiger partial charge in [-0.15, -0.1) is 0 Å². The van der Waals surface area contributed by atoms with Gasteiger partial charge in [-0.05, 0) is 18.2 Å². The molecule has 1 aliphatic rings. The average molecular weight is 206 g/mol. The first-order valence-electron chi connectivity index (χ1n) is 5.17. The Morgan fingerprint density at radius 2 is 2.40 bits per heavy atom. The topological polar surface area (TPSA) is 53.2 Å². The van der Waals surface area contributed by atoms with Crippen LogP contribution in [0.3, 0.4) is 0 Å². The summed E-state index contributed by atoms with van der Waals surface area (Å²) in [6, 6.07) is 1.71. The quantitative estimate of drug-likeness (QED) is 0.719. The maximum Gasteiger partial charge on any atom is 0.258 e. The summed E-state index contributed by atoms with van der Waals surface area (Å²) in [5.41, 5.74) is 2.01. The number of nitrogens with one attached hydrogen (secondary N) is 1. The number of hydrogen-bond donors (Lipinski definition) is 1. The lowest BCUT2D eigenvalue weighted by Gasteiger charge is -2.27. The van der Waals surface area contributed by atoms with E-state index in [9.17, 15) is 9.59 Å². The van der Waals surface area contributed by atoms with Crippen LogP contribution in [0.15, 0.2) is 10.9 Å². The van der Waals surface area contributed by atoms with Crippen LogP contribution in [-0.4, -0.2) is 29.3 Å². The van der Waals surface area contributed by atoms with Crippen molar-refractivity contribution in [2.24, 2.45) is 0 Å². The fraction of sp³-hybridized carbons (Fsp3) is 0.455. The Kier molecular flexibility index (Phi) is 2.68. The van der Waals surface area contributed by atoms with Crippen LogP contribution in [0.1, 0.15) is 28.5 Å². The largest absolute Gasteiger partial charge is 0.325 e. The van der Waals surface area contributed by atoms with Crippen molar-refractivity contribution < 1.29 is 4.79 Å². The van der Waals surface area contributed by atoms with Crippen LogP contribution in [0.25, 0.3) is 0 Å². The zero-order valence-electron chi connectivity index (χ0n) is 8.75. The summed E-state index contributed by atoms with van der Waals surface area (Å²) in [6.07, 6.45) is 1.47. The van der Waals surface area contributed by atoms with E-state index >= 15 is 0 Å². The first-order valence-corrected chi connectivity index (χ1v) is 5.17. The van der Waals surface area contributed by atoms with Gasteiger partial charge < -0.3 is 4.98 Å². The Morgan fingerprint density at radius 3 is 3.07 bits per heavy atom.